The lowest BCUT2D eigenvalue weighted by atomic mass is 10.0. The van der Waals surface area contributed by atoms with Crippen LogP contribution >= 0.6 is 11.6 Å². The van der Waals surface area contributed by atoms with Crippen molar-refractivity contribution in [2.75, 3.05) is 11.9 Å². The molecule has 0 radical (unpaired) electrons. The van der Waals surface area contributed by atoms with E-state index in [1.165, 1.54) is 17.0 Å². The standard InChI is InChI=1S/C26H21ClFN3O3/c1-30-14-19-8-7-18(25(32)29-13-16-5-6-17-9-10-34-24(17)11-16)12-23(19)31(26(30)33)15-20-21(27)3-2-4-22(20)28/h2-12H,13-15H2,1H3,(H,29,32). The third-order valence-corrected chi connectivity index (χ3v) is 6.31. The summed E-state index contributed by atoms with van der Waals surface area (Å²) < 4.78 is 19.9. The molecule has 0 bridgehead atoms. The quantitative estimate of drug-likeness (QED) is 0.399. The Kier molecular flexibility index (Phi) is 5.71. The number of urea groups is 1. The number of furan rings is 1. The maximum atomic E-state index is 14.4. The molecule has 1 aliphatic rings. The highest BCUT2D eigenvalue weighted by Gasteiger charge is 2.30. The number of fused-ring (bicyclic) bond motifs is 2. The van der Waals surface area contributed by atoms with E-state index in [1.54, 1.807) is 36.4 Å². The summed E-state index contributed by atoms with van der Waals surface area (Å²) in [6.45, 7) is 0.666. The van der Waals surface area contributed by atoms with Gasteiger partial charge in [-0.25, -0.2) is 9.18 Å². The summed E-state index contributed by atoms with van der Waals surface area (Å²) in [4.78, 5) is 28.9. The molecule has 6 nitrogen and oxygen atoms in total. The summed E-state index contributed by atoms with van der Waals surface area (Å²) in [5.74, 6) is -0.768. The van der Waals surface area contributed by atoms with Gasteiger partial charge in [0.25, 0.3) is 5.91 Å². The molecule has 0 spiro atoms. The normalized spacial score (nSPS) is 13.3. The molecule has 172 valence electrons. The highest BCUT2D eigenvalue weighted by atomic mass is 35.5. The second kappa shape index (κ2) is 8.83. The van der Waals surface area contributed by atoms with Gasteiger partial charge in [0.05, 0.1) is 18.5 Å². The van der Waals surface area contributed by atoms with Crippen LogP contribution in [-0.4, -0.2) is 23.9 Å². The summed E-state index contributed by atoms with van der Waals surface area (Å²) in [5, 5.41) is 4.14. The van der Waals surface area contributed by atoms with Gasteiger partial charge in [-0.2, -0.15) is 0 Å². The van der Waals surface area contributed by atoms with Crippen molar-refractivity contribution in [3.8, 4) is 0 Å². The summed E-state index contributed by atoms with van der Waals surface area (Å²) in [6.07, 6.45) is 1.62. The van der Waals surface area contributed by atoms with Crippen LogP contribution in [-0.2, 0) is 19.6 Å². The lowest BCUT2D eigenvalue weighted by molar-refractivity contribution is 0.0950. The van der Waals surface area contributed by atoms with Gasteiger partial charge in [-0.1, -0.05) is 35.9 Å². The van der Waals surface area contributed by atoms with E-state index < -0.39 is 5.82 Å². The van der Waals surface area contributed by atoms with Crippen LogP contribution in [0.1, 0.15) is 27.0 Å². The fraction of sp³-hybridized carbons (Fsp3) is 0.154. The Balaban J connectivity index is 1.40. The van der Waals surface area contributed by atoms with E-state index in [4.69, 9.17) is 16.0 Å². The Labute approximate surface area is 200 Å². The van der Waals surface area contributed by atoms with Gasteiger partial charge in [0.1, 0.15) is 11.4 Å². The molecular formula is C26H21ClFN3O3. The van der Waals surface area contributed by atoms with Crippen molar-refractivity contribution in [1.82, 2.24) is 10.2 Å². The molecule has 0 fully saturated rings. The van der Waals surface area contributed by atoms with Crippen LogP contribution in [0.25, 0.3) is 11.0 Å². The van der Waals surface area contributed by atoms with Crippen molar-refractivity contribution >= 4 is 40.2 Å². The molecule has 1 aliphatic heterocycles. The number of benzene rings is 3. The molecule has 8 heteroatoms. The lowest BCUT2D eigenvalue weighted by Crippen LogP contribution is -2.45. The minimum Gasteiger partial charge on any atom is -0.464 e. The Bertz CT molecular complexity index is 1400. The van der Waals surface area contributed by atoms with Gasteiger partial charge in [0.15, 0.2) is 0 Å². The van der Waals surface area contributed by atoms with E-state index in [0.29, 0.717) is 24.3 Å². The van der Waals surface area contributed by atoms with Gasteiger partial charge < -0.3 is 14.6 Å². The molecule has 3 aromatic carbocycles. The number of amides is 3. The lowest BCUT2D eigenvalue weighted by Gasteiger charge is -2.35. The van der Waals surface area contributed by atoms with Gasteiger partial charge >= 0.3 is 6.03 Å². The number of halogens is 2. The average molecular weight is 478 g/mol. The number of hydrogen-bond acceptors (Lipinski definition) is 3. The minimum absolute atomic E-state index is 0.0457. The van der Waals surface area contributed by atoms with Crippen LogP contribution in [0.15, 0.2) is 71.3 Å². The molecule has 2 heterocycles. The number of hydrogen-bond donors (Lipinski definition) is 1. The second-order valence-electron chi connectivity index (χ2n) is 8.24. The maximum absolute atomic E-state index is 14.4. The molecule has 0 saturated carbocycles. The van der Waals surface area contributed by atoms with E-state index in [0.717, 1.165) is 22.1 Å². The fourth-order valence-electron chi connectivity index (χ4n) is 4.11. The number of carbonyl (C=O) groups excluding carboxylic acids is 2. The van der Waals surface area contributed by atoms with Crippen molar-refractivity contribution in [2.24, 2.45) is 0 Å². The summed E-state index contributed by atoms with van der Waals surface area (Å²) in [7, 11) is 1.68. The van der Waals surface area contributed by atoms with Gasteiger partial charge in [0, 0.05) is 41.7 Å². The van der Waals surface area contributed by atoms with Crippen LogP contribution in [0.5, 0.6) is 0 Å². The van der Waals surface area contributed by atoms with Gasteiger partial charge in [0.2, 0.25) is 0 Å². The Morgan fingerprint density at radius 1 is 1.15 bits per heavy atom. The van der Waals surface area contributed by atoms with E-state index in [9.17, 15) is 14.0 Å². The van der Waals surface area contributed by atoms with Crippen LogP contribution in [0.4, 0.5) is 14.9 Å². The van der Waals surface area contributed by atoms with E-state index in [-0.39, 0.29) is 29.1 Å². The first-order valence-corrected chi connectivity index (χ1v) is 11.1. The smallest absolute Gasteiger partial charge is 0.324 e. The van der Waals surface area contributed by atoms with Gasteiger partial charge in [-0.05, 0) is 47.5 Å². The molecule has 3 amide bonds. The van der Waals surface area contributed by atoms with Crippen LogP contribution < -0.4 is 10.2 Å². The van der Waals surface area contributed by atoms with Crippen LogP contribution in [0.3, 0.4) is 0 Å². The number of anilines is 1. The summed E-state index contributed by atoms with van der Waals surface area (Å²) in [6, 6.07) is 17.0. The zero-order chi connectivity index (χ0) is 23.8. The Hall–Kier alpha value is -3.84. The van der Waals surface area contributed by atoms with Gasteiger partial charge in [-0.3, -0.25) is 9.69 Å². The second-order valence-corrected chi connectivity index (χ2v) is 8.65. The molecule has 0 aliphatic carbocycles. The minimum atomic E-state index is -0.488. The zero-order valence-electron chi connectivity index (χ0n) is 18.3. The molecule has 1 N–H and O–H groups in total. The molecule has 0 saturated heterocycles. The number of nitrogens with zero attached hydrogens (tertiary/aromatic N) is 2. The predicted octanol–water partition coefficient (Wildman–Crippen LogP) is 5.73. The third-order valence-electron chi connectivity index (χ3n) is 5.95. The van der Waals surface area contributed by atoms with Crippen molar-refractivity contribution in [3.05, 3.63) is 100 Å². The largest absolute Gasteiger partial charge is 0.464 e. The Morgan fingerprint density at radius 3 is 2.82 bits per heavy atom. The highest BCUT2D eigenvalue weighted by Crippen LogP contribution is 2.32. The molecule has 5 rings (SSSR count). The summed E-state index contributed by atoms with van der Waals surface area (Å²) in [5.41, 5.74) is 3.70. The SMILES string of the molecule is CN1Cc2ccc(C(=O)NCc3ccc4ccoc4c3)cc2N(Cc2c(F)cccc2Cl)C1=O. The third kappa shape index (κ3) is 4.10. The highest BCUT2D eigenvalue weighted by molar-refractivity contribution is 6.31. The average Bonchev–Trinajstić information content (AvgIpc) is 3.30. The Morgan fingerprint density at radius 2 is 2.00 bits per heavy atom. The van der Waals surface area contributed by atoms with Crippen LogP contribution in [0, 0.1) is 5.82 Å². The zero-order valence-corrected chi connectivity index (χ0v) is 19.1. The maximum Gasteiger partial charge on any atom is 0.324 e. The predicted molar refractivity (Wildman–Crippen MR) is 128 cm³/mol. The van der Waals surface area contributed by atoms with Gasteiger partial charge in [-0.15, -0.1) is 0 Å². The molecule has 0 unspecified atom stereocenters. The van der Waals surface area contributed by atoms with Crippen molar-refractivity contribution < 1.29 is 18.4 Å². The van der Waals surface area contributed by atoms with Crippen molar-refractivity contribution in [2.45, 2.75) is 19.6 Å². The monoisotopic (exact) mass is 477 g/mol. The number of nitrogens with one attached hydrogen (secondary N) is 1. The van der Waals surface area contributed by atoms with Crippen molar-refractivity contribution in [3.63, 3.8) is 0 Å². The first kappa shape index (κ1) is 22.0. The number of rotatable bonds is 5. The topological polar surface area (TPSA) is 65.8 Å². The van der Waals surface area contributed by atoms with E-state index in [1.807, 2.05) is 30.3 Å². The van der Waals surface area contributed by atoms with E-state index in [2.05, 4.69) is 5.32 Å². The summed E-state index contributed by atoms with van der Waals surface area (Å²) >= 11 is 6.21. The van der Waals surface area contributed by atoms with E-state index >= 15 is 0 Å². The molecule has 1 aromatic heterocycles. The molecule has 4 aromatic rings. The first-order chi connectivity index (χ1) is 16.4. The molecule has 0 atom stereocenters. The van der Waals surface area contributed by atoms with Crippen LogP contribution in [0.2, 0.25) is 5.02 Å². The first-order valence-electron chi connectivity index (χ1n) is 10.7. The molecule has 34 heavy (non-hydrogen) atoms. The number of carbonyl (C=O) groups is 2. The van der Waals surface area contributed by atoms with Crippen molar-refractivity contribution in [1.29, 1.82) is 0 Å². The fourth-order valence-corrected chi connectivity index (χ4v) is 4.33. The molecular weight excluding hydrogens is 457 g/mol.